The van der Waals surface area contributed by atoms with Crippen molar-refractivity contribution < 1.29 is 9.47 Å². The second kappa shape index (κ2) is 5.83. The standard InChI is InChI=1S/C15H19N3O3/c1-20-15(6-8-21-9-7-15)10-16-14-17-12-5-3-2-4-11(12)13(19)18-14/h2-5H,6-10H2,1H3,(H2,16,17,18,19). The van der Waals surface area contributed by atoms with E-state index in [2.05, 4.69) is 15.3 Å². The van der Waals surface area contributed by atoms with E-state index in [4.69, 9.17) is 9.47 Å². The molecule has 0 radical (unpaired) electrons. The third kappa shape index (κ3) is 2.91. The minimum Gasteiger partial charge on any atom is -0.381 e. The predicted molar refractivity (Wildman–Crippen MR) is 80.6 cm³/mol. The number of aromatic amines is 1. The Balaban J connectivity index is 1.80. The maximum Gasteiger partial charge on any atom is 0.260 e. The Morgan fingerprint density at radius 1 is 1.38 bits per heavy atom. The number of anilines is 1. The van der Waals surface area contributed by atoms with Crippen molar-refractivity contribution in [3.8, 4) is 0 Å². The van der Waals surface area contributed by atoms with Gasteiger partial charge in [-0.3, -0.25) is 9.78 Å². The second-order valence-corrected chi connectivity index (χ2v) is 5.28. The van der Waals surface area contributed by atoms with Crippen molar-refractivity contribution in [2.75, 3.05) is 32.2 Å². The summed E-state index contributed by atoms with van der Waals surface area (Å²) in [6, 6.07) is 7.29. The maximum atomic E-state index is 12.0. The molecule has 1 aromatic heterocycles. The Morgan fingerprint density at radius 2 is 2.14 bits per heavy atom. The number of hydrogen-bond acceptors (Lipinski definition) is 5. The number of hydrogen-bond donors (Lipinski definition) is 2. The molecule has 1 aliphatic rings. The largest absolute Gasteiger partial charge is 0.381 e. The zero-order chi connectivity index (χ0) is 14.7. The quantitative estimate of drug-likeness (QED) is 0.892. The average Bonchev–Trinajstić information content (AvgIpc) is 2.54. The lowest BCUT2D eigenvalue weighted by molar-refractivity contribution is -0.0807. The van der Waals surface area contributed by atoms with Crippen LogP contribution in [0.15, 0.2) is 29.1 Å². The molecule has 0 spiro atoms. The Morgan fingerprint density at radius 3 is 2.90 bits per heavy atom. The summed E-state index contributed by atoms with van der Waals surface area (Å²) < 4.78 is 11.0. The van der Waals surface area contributed by atoms with E-state index >= 15 is 0 Å². The molecule has 0 amide bonds. The summed E-state index contributed by atoms with van der Waals surface area (Å²) in [6.45, 7) is 1.97. The number of nitrogens with zero attached hydrogens (tertiary/aromatic N) is 1. The van der Waals surface area contributed by atoms with Crippen LogP contribution in [0.4, 0.5) is 5.95 Å². The second-order valence-electron chi connectivity index (χ2n) is 5.28. The van der Waals surface area contributed by atoms with Crippen LogP contribution in [-0.4, -0.2) is 42.4 Å². The van der Waals surface area contributed by atoms with Crippen molar-refractivity contribution in [2.45, 2.75) is 18.4 Å². The smallest absolute Gasteiger partial charge is 0.260 e. The number of para-hydroxylation sites is 1. The van der Waals surface area contributed by atoms with Gasteiger partial charge in [-0.2, -0.15) is 0 Å². The number of fused-ring (bicyclic) bond motifs is 1. The van der Waals surface area contributed by atoms with Crippen molar-refractivity contribution in [1.29, 1.82) is 0 Å². The average molecular weight is 289 g/mol. The molecule has 0 unspecified atom stereocenters. The zero-order valence-corrected chi connectivity index (χ0v) is 12.0. The molecule has 2 N–H and O–H groups in total. The van der Waals surface area contributed by atoms with Crippen LogP contribution in [0.2, 0.25) is 0 Å². The van der Waals surface area contributed by atoms with E-state index in [0.29, 0.717) is 36.6 Å². The van der Waals surface area contributed by atoms with Crippen LogP contribution >= 0.6 is 0 Å². The van der Waals surface area contributed by atoms with E-state index in [9.17, 15) is 4.79 Å². The summed E-state index contributed by atoms with van der Waals surface area (Å²) in [4.78, 5) is 19.2. The third-order valence-corrected chi connectivity index (χ3v) is 4.03. The molecule has 1 saturated heterocycles. The van der Waals surface area contributed by atoms with Crippen LogP contribution in [0.25, 0.3) is 10.9 Å². The molecule has 1 aliphatic heterocycles. The predicted octanol–water partition coefficient (Wildman–Crippen LogP) is 1.53. The van der Waals surface area contributed by atoms with Gasteiger partial charge in [-0.1, -0.05) is 12.1 Å². The number of aromatic nitrogens is 2. The van der Waals surface area contributed by atoms with Crippen molar-refractivity contribution in [2.24, 2.45) is 0 Å². The molecule has 112 valence electrons. The first-order chi connectivity index (χ1) is 10.2. The number of benzene rings is 1. The van der Waals surface area contributed by atoms with Gasteiger partial charge in [0.05, 0.1) is 16.5 Å². The van der Waals surface area contributed by atoms with Crippen molar-refractivity contribution in [1.82, 2.24) is 9.97 Å². The summed E-state index contributed by atoms with van der Waals surface area (Å²) in [6.07, 6.45) is 1.66. The lowest BCUT2D eigenvalue weighted by atomic mass is 9.94. The van der Waals surface area contributed by atoms with Crippen molar-refractivity contribution in [3.63, 3.8) is 0 Å². The van der Waals surface area contributed by atoms with Crippen LogP contribution in [0.3, 0.4) is 0 Å². The Labute approximate surface area is 122 Å². The van der Waals surface area contributed by atoms with E-state index in [1.165, 1.54) is 0 Å². The number of methoxy groups -OCH3 is 1. The SMILES string of the molecule is COC1(CNc2nc3ccccc3c(=O)[nH]2)CCOCC1. The highest BCUT2D eigenvalue weighted by Gasteiger charge is 2.32. The molecule has 0 aliphatic carbocycles. The highest BCUT2D eigenvalue weighted by molar-refractivity contribution is 5.78. The van der Waals surface area contributed by atoms with E-state index < -0.39 is 0 Å². The Kier molecular flexibility index (Phi) is 3.90. The van der Waals surface area contributed by atoms with Crippen LogP contribution in [0.1, 0.15) is 12.8 Å². The maximum absolute atomic E-state index is 12.0. The fraction of sp³-hybridized carbons (Fsp3) is 0.467. The van der Waals surface area contributed by atoms with Crippen molar-refractivity contribution in [3.05, 3.63) is 34.6 Å². The molecule has 0 atom stereocenters. The normalized spacial score (nSPS) is 17.8. The molecule has 1 aromatic carbocycles. The van der Waals surface area contributed by atoms with E-state index in [-0.39, 0.29) is 11.2 Å². The fourth-order valence-corrected chi connectivity index (χ4v) is 2.61. The Bertz CT molecular complexity index is 677. The Hall–Kier alpha value is -1.92. The number of ether oxygens (including phenoxy) is 2. The van der Waals surface area contributed by atoms with Gasteiger partial charge in [0.2, 0.25) is 5.95 Å². The van der Waals surface area contributed by atoms with Crippen molar-refractivity contribution >= 4 is 16.9 Å². The molecule has 2 aromatic rings. The van der Waals surface area contributed by atoms with Crippen LogP contribution in [-0.2, 0) is 9.47 Å². The monoisotopic (exact) mass is 289 g/mol. The van der Waals surface area contributed by atoms with Crippen LogP contribution in [0.5, 0.6) is 0 Å². The molecule has 2 heterocycles. The van der Waals surface area contributed by atoms with E-state index in [1.807, 2.05) is 18.2 Å². The van der Waals surface area contributed by atoms with Gasteiger partial charge in [-0.15, -0.1) is 0 Å². The topological polar surface area (TPSA) is 76.2 Å². The molecule has 1 fully saturated rings. The third-order valence-electron chi connectivity index (χ3n) is 4.03. The van der Waals surface area contributed by atoms with Crippen LogP contribution in [0, 0.1) is 0 Å². The van der Waals surface area contributed by atoms with Gasteiger partial charge in [0.15, 0.2) is 0 Å². The summed E-state index contributed by atoms with van der Waals surface area (Å²) in [7, 11) is 1.71. The lowest BCUT2D eigenvalue weighted by Crippen LogP contribution is -2.44. The lowest BCUT2D eigenvalue weighted by Gasteiger charge is -2.35. The molecule has 3 rings (SSSR count). The number of H-pyrrole nitrogens is 1. The first-order valence-electron chi connectivity index (χ1n) is 7.08. The van der Waals surface area contributed by atoms with Crippen LogP contribution < -0.4 is 10.9 Å². The van der Waals surface area contributed by atoms with Gasteiger partial charge in [0, 0.05) is 39.7 Å². The van der Waals surface area contributed by atoms with E-state index in [1.54, 1.807) is 13.2 Å². The molecule has 0 saturated carbocycles. The summed E-state index contributed by atoms with van der Waals surface area (Å²) in [5, 5.41) is 3.78. The fourth-order valence-electron chi connectivity index (χ4n) is 2.61. The van der Waals surface area contributed by atoms with Gasteiger partial charge in [0.1, 0.15) is 0 Å². The molecular weight excluding hydrogens is 270 g/mol. The van der Waals surface area contributed by atoms with E-state index in [0.717, 1.165) is 12.8 Å². The summed E-state index contributed by atoms with van der Waals surface area (Å²) in [5.41, 5.74) is 0.284. The number of rotatable bonds is 4. The first-order valence-corrected chi connectivity index (χ1v) is 7.08. The zero-order valence-electron chi connectivity index (χ0n) is 12.0. The highest BCUT2D eigenvalue weighted by atomic mass is 16.5. The number of nitrogens with one attached hydrogen (secondary N) is 2. The molecular formula is C15H19N3O3. The van der Waals surface area contributed by atoms with Gasteiger partial charge in [-0.05, 0) is 12.1 Å². The summed E-state index contributed by atoms with van der Waals surface area (Å²) >= 11 is 0. The van der Waals surface area contributed by atoms with Gasteiger partial charge >= 0.3 is 0 Å². The highest BCUT2D eigenvalue weighted by Crippen LogP contribution is 2.24. The minimum absolute atomic E-state index is 0.137. The molecule has 21 heavy (non-hydrogen) atoms. The van der Waals surface area contributed by atoms with Gasteiger partial charge in [0.25, 0.3) is 5.56 Å². The van der Waals surface area contributed by atoms with Gasteiger partial charge in [-0.25, -0.2) is 4.98 Å². The first kappa shape index (κ1) is 14.0. The molecule has 6 nitrogen and oxygen atoms in total. The molecule has 0 bridgehead atoms. The molecule has 6 heteroatoms. The van der Waals surface area contributed by atoms with Gasteiger partial charge < -0.3 is 14.8 Å². The summed E-state index contributed by atoms with van der Waals surface area (Å²) in [5.74, 6) is 0.474. The minimum atomic E-state index is -0.261.